The highest BCUT2D eigenvalue weighted by Gasteiger charge is 2.33. The molecule has 0 unspecified atom stereocenters. The lowest BCUT2D eigenvalue weighted by Crippen LogP contribution is -2.38. The van der Waals surface area contributed by atoms with Crippen LogP contribution >= 0.6 is 0 Å². The number of hydrogen-bond donors (Lipinski definition) is 0. The molecule has 2 heteroatoms. The van der Waals surface area contributed by atoms with E-state index in [0.717, 1.165) is 6.54 Å². The van der Waals surface area contributed by atoms with Gasteiger partial charge in [-0.25, -0.2) is 0 Å². The summed E-state index contributed by atoms with van der Waals surface area (Å²) >= 11 is 0. The molecule has 0 radical (unpaired) electrons. The smallest absolute Gasteiger partial charge is 0.225 e. The van der Waals surface area contributed by atoms with Gasteiger partial charge < -0.3 is 4.90 Å². The molecule has 0 bridgehead atoms. The van der Waals surface area contributed by atoms with Crippen molar-refractivity contribution in [3.05, 3.63) is 0 Å². The van der Waals surface area contributed by atoms with E-state index in [1.807, 2.05) is 13.8 Å². The van der Waals surface area contributed by atoms with Crippen molar-refractivity contribution in [2.45, 2.75) is 46.6 Å². The Morgan fingerprint density at radius 3 is 2.15 bits per heavy atom. The molecule has 13 heavy (non-hydrogen) atoms. The van der Waals surface area contributed by atoms with Crippen LogP contribution in [0.3, 0.4) is 0 Å². The van der Waals surface area contributed by atoms with Crippen molar-refractivity contribution in [1.29, 1.82) is 0 Å². The van der Waals surface area contributed by atoms with Gasteiger partial charge in [0.05, 0.1) is 0 Å². The van der Waals surface area contributed by atoms with Crippen LogP contribution in [0, 0.1) is 11.8 Å². The quantitative estimate of drug-likeness (QED) is 0.655. The first-order valence-corrected chi connectivity index (χ1v) is 5.32. The van der Waals surface area contributed by atoms with Gasteiger partial charge in [0.2, 0.25) is 5.91 Å². The van der Waals surface area contributed by atoms with Crippen LogP contribution in [0.1, 0.15) is 40.5 Å². The van der Waals surface area contributed by atoms with Gasteiger partial charge in [0.15, 0.2) is 0 Å². The number of carbonyl (C=O) groups is 1. The van der Waals surface area contributed by atoms with Crippen LogP contribution in [0.15, 0.2) is 0 Å². The molecule has 0 aromatic carbocycles. The zero-order valence-electron chi connectivity index (χ0n) is 9.21. The fourth-order valence-corrected chi connectivity index (χ4v) is 1.53. The molecule has 0 aromatic rings. The third kappa shape index (κ3) is 3.02. The summed E-state index contributed by atoms with van der Waals surface area (Å²) in [5.41, 5.74) is 0. The Morgan fingerprint density at radius 2 is 1.85 bits per heavy atom. The van der Waals surface area contributed by atoms with E-state index in [-0.39, 0.29) is 5.92 Å². The van der Waals surface area contributed by atoms with Crippen LogP contribution in [0.25, 0.3) is 0 Å². The van der Waals surface area contributed by atoms with Crippen molar-refractivity contribution in [2.24, 2.45) is 11.8 Å². The van der Waals surface area contributed by atoms with Crippen molar-refractivity contribution >= 4 is 5.91 Å². The Labute approximate surface area is 81.3 Å². The maximum Gasteiger partial charge on any atom is 0.225 e. The Morgan fingerprint density at radius 1 is 1.31 bits per heavy atom. The molecule has 1 rings (SSSR count). The van der Waals surface area contributed by atoms with E-state index in [4.69, 9.17) is 0 Å². The summed E-state index contributed by atoms with van der Waals surface area (Å²) in [7, 11) is 0. The summed E-state index contributed by atoms with van der Waals surface area (Å²) in [6, 6.07) is 0.567. The molecule has 0 heterocycles. The topological polar surface area (TPSA) is 20.3 Å². The molecule has 0 saturated heterocycles. The molecule has 0 aromatic heterocycles. The first-order valence-electron chi connectivity index (χ1n) is 5.32. The molecule has 1 aliphatic carbocycles. The first-order chi connectivity index (χ1) is 6.02. The Balaban J connectivity index is 2.51. The summed E-state index contributed by atoms with van der Waals surface area (Å²) in [6.45, 7) is 9.24. The number of nitrogens with zero attached hydrogens (tertiary/aromatic N) is 1. The zero-order chi connectivity index (χ0) is 10.0. The van der Waals surface area contributed by atoms with Gasteiger partial charge in [0, 0.05) is 18.5 Å². The summed E-state index contributed by atoms with van der Waals surface area (Å²) in [6.07, 6.45) is 2.43. The molecular weight excluding hydrogens is 162 g/mol. The number of carbonyl (C=O) groups excluding carboxylic acids is 1. The average molecular weight is 183 g/mol. The molecule has 1 amide bonds. The average Bonchev–Trinajstić information content (AvgIpc) is 2.80. The third-order valence-electron chi connectivity index (χ3n) is 2.33. The lowest BCUT2D eigenvalue weighted by molar-refractivity contribution is -0.135. The lowest BCUT2D eigenvalue weighted by atomic mass is 10.1. The third-order valence-corrected chi connectivity index (χ3v) is 2.33. The van der Waals surface area contributed by atoms with Gasteiger partial charge in [-0.15, -0.1) is 0 Å². The zero-order valence-corrected chi connectivity index (χ0v) is 9.21. The predicted octanol–water partition coefficient (Wildman–Crippen LogP) is 2.29. The van der Waals surface area contributed by atoms with Crippen LogP contribution in [0.5, 0.6) is 0 Å². The van der Waals surface area contributed by atoms with Crippen LogP contribution in [-0.4, -0.2) is 23.4 Å². The molecule has 1 aliphatic rings. The Bertz CT molecular complexity index is 183. The second kappa shape index (κ2) is 4.12. The largest absolute Gasteiger partial charge is 0.339 e. The van der Waals surface area contributed by atoms with E-state index in [9.17, 15) is 4.79 Å². The van der Waals surface area contributed by atoms with Gasteiger partial charge in [-0.05, 0) is 18.8 Å². The van der Waals surface area contributed by atoms with Crippen molar-refractivity contribution in [3.63, 3.8) is 0 Å². The molecule has 0 N–H and O–H groups in total. The van der Waals surface area contributed by atoms with Crippen molar-refractivity contribution in [3.8, 4) is 0 Å². The summed E-state index contributed by atoms with van der Waals surface area (Å²) in [5, 5.41) is 0. The van der Waals surface area contributed by atoms with Gasteiger partial charge >= 0.3 is 0 Å². The molecule has 1 saturated carbocycles. The SMILES string of the molecule is CC(C)CN(C(=O)C(C)C)C1CC1. The van der Waals surface area contributed by atoms with Crippen LogP contribution < -0.4 is 0 Å². The molecule has 2 nitrogen and oxygen atoms in total. The van der Waals surface area contributed by atoms with Gasteiger partial charge in [-0.3, -0.25) is 4.79 Å². The monoisotopic (exact) mass is 183 g/mol. The first kappa shape index (κ1) is 10.6. The molecule has 0 aliphatic heterocycles. The predicted molar refractivity (Wildman–Crippen MR) is 54.4 cm³/mol. The highest BCUT2D eigenvalue weighted by Crippen LogP contribution is 2.28. The van der Waals surface area contributed by atoms with Crippen LogP contribution in [0.4, 0.5) is 0 Å². The van der Waals surface area contributed by atoms with E-state index in [1.165, 1.54) is 12.8 Å². The molecule has 76 valence electrons. The number of rotatable bonds is 4. The summed E-state index contributed by atoms with van der Waals surface area (Å²) in [4.78, 5) is 13.9. The van der Waals surface area contributed by atoms with Gasteiger partial charge in [0.25, 0.3) is 0 Å². The Hall–Kier alpha value is -0.530. The van der Waals surface area contributed by atoms with Gasteiger partial charge in [-0.1, -0.05) is 27.7 Å². The fraction of sp³-hybridized carbons (Fsp3) is 0.909. The highest BCUT2D eigenvalue weighted by atomic mass is 16.2. The fourth-order valence-electron chi connectivity index (χ4n) is 1.53. The second-order valence-electron chi connectivity index (χ2n) is 4.77. The molecule has 0 spiro atoms. The van der Waals surface area contributed by atoms with Crippen molar-refractivity contribution in [1.82, 2.24) is 4.90 Å². The van der Waals surface area contributed by atoms with E-state index in [2.05, 4.69) is 18.7 Å². The molecule has 0 atom stereocenters. The highest BCUT2D eigenvalue weighted by molar-refractivity contribution is 5.78. The Kier molecular flexibility index (Phi) is 3.34. The van der Waals surface area contributed by atoms with Crippen LogP contribution in [0.2, 0.25) is 0 Å². The van der Waals surface area contributed by atoms with Crippen molar-refractivity contribution < 1.29 is 4.79 Å². The van der Waals surface area contributed by atoms with E-state index < -0.39 is 0 Å². The van der Waals surface area contributed by atoms with Crippen LogP contribution in [-0.2, 0) is 4.79 Å². The van der Waals surface area contributed by atoms with E-state index in [1.54, 1.807) is 0 Å². The molecule has 1 fully saturated rings. The minimum Gasteiger partial charge on any atom is -0.339 e. The standard InChI is InChI=1S/C11H21NO/c1-8(2)7-12(10-5-6-10)11(13)9(3)4/h8-10H,5-7H2,1-4H3. The van der Waals surface area contributed by atoms with Crippen molar-refractivity contribution in [2.75, 3.05) is 6.54 Å². The van der Waals surface area contributed by atoms with E-state index in [0.29, 0.717) is 17.9 Å². The molecular formula is C11H21NO. The minimum atomic E-state index is 0.152. The maximum atomic E-state index is 11.8. The maximum absolute atomic E-state index is 11.8. The summed E-state index contributed by atoms with van der Waals surface area (Å²) in [5.74, 6) is 1.07. The van der Waals surface area contributed by atoms with Gasteiger partial charge in [-0.2, -0.15) is 0 Å². The summed E-state index contributed by atoms with van der Waals surface area (Å²) < 4.78 is 0. The second-order valence-corrected chi connectivity index (χ2v) is 4.77. The minimum absolute atomic E-state index is 0.152. The van der Waals surface area contributed by atoms with E-state index >= 15 is 0 Å². The lowest BCUT2D eigenvalue weighted by Gasteiger charge is -2.26. The number of amides is 1. The number of hydrogen-bond acceptors (Lipinski definition) is 1. The normalized spacial score (nSPS) is 16.8. The van der Waals surface area contributed by atoms with Gasteiger partial charge in [0.1, 0.15) is 0 Å².